The van der Waals surface area contributed by atoms with Crippen LogP contribution in [0.15, 0.2) is 6.07 Å². The molecule has 2 saturated heterocycles. The van der Waals surface area contributed by atoms with Gasteiger partial charge in [-0.2, -0.15) is 0 Å². The van der Waals surface area contributed by atoms with E-state index in [4.69, 9.17) is 10.5 Å². The van der Waals surface area contributed by atoms with Crippen molar-refractivity contribution in [2.24, 2.45) is 5.92 Å². The average molecular weight is 389 g/mol. The first kappa shape index (κ1) is 20.0. The number of carbonyl (C=O) groups is 3. The molecule has 3 heterocycles. The Morgan fingerprint density at radius 3 is 2.68 bits per heavy atom. The number of rotatable bonds is 4. The molecule has 2 amide bonds. The van der Waals surface area contributed by atoms with Crippen molar-refractivity contribution in [3.63, 3.8) is 0 Å². The molecule has 152 valence electrons. The molecule has 0 aliphatic carbocycles. The quantitative estimate of drug-likeness (QED) is 0.757. The van der Waals surface area contributed by atoms with E-state index in [9.17, 15) is 14.4 Å². The Balaban J connectivity index is 1.83. The van der Waals surface area contributed by atoms with Gasteiger partial charge >= 0.3 is 5.97 Å². The molecule has 3 rings (SSSR count). The van der Waals surface area contributed by atoms with E-state index in [1.54, 1.807) is 11.0 Å². The van der Waals surface area contributed by atoms with Gasteiger partial charge in [-0.3, -0.25) is 14.4 Å². The molecule has 28 heavy (non-hydrogen) atoms. The third-order valence-corrected chi connectivity index (χ3v) is 5.57. The van der Waals surface area contributed by atoms with Crippen LogP contribution >= 0.6 is 0 Å². The fourth-order valence-electron chi connectivity index (χ4n) is 4.24. The molecule has 2 fully saturated rings. The number of nitrogens with zero attached hydrogens (tertiary/aromatic N) is 4. The number of nitrogen functional groups attached to an aromatic ring is 1. The lowest BCUT2D eigenvalue weighted by atomic mass is 9.97. The van der Waals surface area contributed by atoms with Crippen LogP contribution in [0.2, 0.25) is 0 Å². The van der Waals surface area contributed by atoms with E-state index in [-0.39, 0.29) is 59.9 Å². The monoisotopic (exact) mass is 389 g/mol. The van der Waals surface area contributed by atoms with E-state index in [1.807, 2.05) is 20.8 Å². The number of anilines is 1. The van der Waals surface area contributed by atoms with Crippen LogP contribution in [0.1, 0.15) is 55.7 Å². The van der Waals surface area contributed by atoms with Gasteiger partial charge in [0, 0.05) is 18.3 Å². The Hall–Kier alpha value is -2.71. The molecule has 9 heteroatoms. The number of piperazine rings is 1. The Labute approximate surface area is 164 Å². The zero-order valence-corrected chi connectivity index (χ0v) is 16.7. The summed E-state index contributed by atoms with van der Waals surface area (Å²) in [6, 6.07) is 1.23. The van der Waals surface area contributed by atoms with Crippen LogP contribution in [0, 0.1) is 5.92 Å². The summed E-state index contributed by atoms with van der Waals surface area (Å²) in [5, 5.41) is 0. The highest BCUT2D eigenvalue weighted by Gasteiger charge is 2.50. The van der Waals surface area contributed by atoms with Gasteiger partial charge in [0.15, 0.2) is 0 Å². The first-order valence-electron chi connectivity index (χ1n) is 9.59. The molecule has 3 atom stereocenters. The van der Waals surface area contributed by atoms with Crippen LogP contribution in [0.4, 0.5) is 5.95 Å². The van der Waals surface area contributed by atoms with Gasteiger partial charge in [-0.15, -0.1) is 0 Å². The van der Waals surface area contributed by atoms with Gasteiger partial charge < -0.3 is 20.3 Å². The van der Waals surface area contributed by atoms with Gasteiger partial charge in [0.05, 0.1) is 19.1 Å². The molecule has 9 nitrogen and oxygen atoms in total. The maximum Gasteiger partial charge on any atom is 0.310 e. The van der Waals surface area contributed by atoms with Crippen LogP contribution < -0.4 is 5.73 Å². The molecule has 1 aromatic heterocycles. The largest absolute Gasteiger partial charge is 0.469 e. The first-order valence-corrected chi connectivity index (χ1v) is 9.59. The van der Waals surface area contributed by atoms with Gasteiger partial charge in [0.1, 0.15) is 12.2 Å². The number of hydrogen-bond acceptors (Lipinski definition) is 7. The molecule has 2 aliphatic heterocycles. The number of esters is 1. The number of aromatic nitrogens is 2. The van der Waals surface area contributed by atoms with Gasteiger partial charge in [-0.05, 0) is 24.8 Å². The second-order valence-electron chi connectivity index (χ2n) is 7.67. The summed E-state index contributed by atoms with van der Waals surface area (Å²) in [4.78, 5) is 49.4. The van der Waals surface area contributed by atoms with Gasteiger partial charge in [-0.1, -0.05) is 20.8 Å². The fraction of sp³-hybridized carbons (Fsp3) is 0.632. The normalized spacial score (nSPS) is 24.5. The number of carbonyl (C=O) groups excluding carboxylic acids is 3. The topological polar surface area (TPSA) is 119 Å². The molecule has 1 aromatic rings. The fourth-order valence-corrected chi connectivity index (χ4v) is 4.24. The number of amides is 2. The van der Waals surface area contributed by atoms with Crippen molar-refractivity contribution >= 4 is 23.7 Å². The summed E-state index contributed by atoms with van der Waals surface area (Å²) in [6.45, 7) is 6.17. The summed E-state index contributed by atoms with van der Waals surface area (Å²) in [7, 11) is 1.36. The minimum Gasteiger partial charge on any atom is -0.469 e. The summed E-state index contributed by atoms with van der Waals surface area (Å²) < 4.78 is 4.91. The summed E-state index contributed by atoms with van der Waals surface area (Å²) in [5.74, 6) is -1.04. The lowest BCUT2D eigenvalue weighted by Crippen LogP contribution is -2.57. The summed E-state index contributed by atoms with van der Waals surface area (Å²) in [5.41, 5.74) is 6.63. The van der Waals surface area contributed by atoms with Crippen LogP contribution in [0.5, 0.6) is 0 Å². The highest BCUT2D eigenvalue weighted by atomic mass is 16.5. The summed E-state index contributed by atoms with van der Waals surface area (Å²) >= 11 is 0. The Morgan fingerprint density at radius 2 is 2.07 bits per heavy atom. The minimum atomic E-state index is -0.360. The van der Waals surface area contributed by atoms with Gasteiger partial charge in [0.25, 0.3) is 5.91 Å². The SMILES string of the molecule is CC[C@H]1[C@@H](C(=O)OC)C[C@H]2CN(C(=O)c3cc(C(C)C)nc(N)n3)CC(=O)N21. The number of methoxy groups -OCH3 is 1. The molecule has 0 unspecified atom stereocenters. The second kappa shape index (κ2) is 7.73. The van der Waals surface area contributed by atoms with E-state index >= 15 is 0 Å². The zero-order chi connectivity index (χ0) is 20.6. The van der Waals surface area contributed by atoms with Gasteiger partial charge in [0.2, 0.25) is 11.9 Å². The van der Waals surface area contributed by atoms with Gasteiger partial charge in [-0.25, -0.2) is 9.97 Å². The van der Waals surface area contributed by atoms with E-state index in [1.165, 1.54) is 12.0 Å². The zero-order valence-electron chi connectivity index (χ0n) is 16.7. The van der Waals surface area contributed by atoms with Crippen molar-refractivity contribution < 1.29 is 19.1 Å². The minimum absolute atomic E-state index is 0.0391. The van der Waals surface area contributed by atoms with E-state index < -0.39 is 0 Å². The van der Waals surface area contributed by atoms with Crippen LogP contribution in [-0.2, 0) is 14.3 Å². The Kier molecular flexibility index (Phi) is 5.53. The van der Waals surface area contributed by atoms with Crippen molar-refractivity contribution in [3.05, 3.63) is 17.5 Å². The van der Waals surface area contributed by atoms with Crippen molar-refractivity contribution in [1.29, 1.82) is 0 Å². The van der Waals surface area contributed by atoms with Crippen molar-refractivity contribution in [3.8, 4) is 0 Å². The lowest BCUT2D eigenvalue weighted by Gasteiger charge is -2.39. The third kappa shape index (κ3) is 3.53. The molecule has 0 spiro atoms. The number of ether oxygens (including phenoxy) is 1. The predicted octanol–water partition coefficient (Wildman–Crippen LogP) is 0.807. The van der Waals surface area contributed by atoms with Crippen LogP contribution in [0.25, 0.3) is 0 Å². The maximum atomic E-state index is 13.0. The molecule has 2 aliphatic rings. The maximum absolute atomic E-state index is 13.0. The molecule has 0 bridgehead atoms. The standard InChI is InChI=1S/C19H27N5O4/c1-5-15-12(18(27)28-4)6-11-8-23(9-16(25)24(11)15)17(26)14-7-13(10(2)3)21-19(20)22-14/h7,10-12,15H,5-6,8-9H2,1-4H3,(H2,20,21,22)/t11-,12-,15-/m0/s1. The third-order valence-electron chi connectivity index (χ3n) is 5.57. The first-order chi connectivity index (χ1) is 13.3. The molecule has 0 saturated carbocycles. The van der Waals surface area contributed by atoms with E-state index in [0.29, 0.717) is 25.1 Å². The highest BCUT2D eigenvalue weighted by molar-refractivity contribution is 5.96. The molecular weight excluding hydrogens is 362 g/mol. The molecule has 2 N–H and O–H groups in total. The highest BCUT2D eigenvalue weighted by Crippen LogP contribution is 2.35. The number of hydrogen-bond donors (Lipinski definition) is 1. The number of nitrogens with two attached hydrogens (primary N) is 1. The Bertz CT molecular complexity index is 797. The Morgan fingerprint density at radius 1 is 1.36 bits per heavy atom. The predicted molar refractivity (Wildman–Crippen MR) is 101 cm³/mol. The lowest BCUT2D eigenvalue weighted by molar-refractivity contribution is -0.147. The van der Waals surface area contributed by atoms with Crippen molar-refractivity contribution in [2.75, 3.05) is 25.9 Å². The van der Waals surface area contributed by atoms with Crippen LogP contribution in [-0.4, -0.2) is 69.8 Å². The second-order valence-corrected chi connectivity index (χ2v) is 7.67. The van der Waals surface area contributed by atoms with Crippen LogP contribution in [0.3, 0.4) is 0 Å². The van der Waals surface area contributed by atoms with E-state index in [0.717, 1.165) is 0 Å². The molecular formula is C19H27N5O4. The van der Waals surface area contributed by atoms with Crippen molar-refractivity contribution in [2.45, 2.75) is 51.6 Å². The van der Waals surface area contributed by atoms with E-state index in [2.05, 4.69) is 9.97 Å². The number of fused-ring (bicyclic) bond motifs is 1. The smallest absolute Gasteiger partial charge is 0.310 e. The van der Waals surface area contributed by atoms with Crippen molar-refractivity contribution in [1.82, 2.24) is 19.8 Å². The summed E-state index contributed by atoms with van der Waals surface area (Å²) in [6.07, 6.45) is 1.15. The molecule has 0 aromatic carbocycles. The average Bonchev–Trinajstić information content (AvgIpc) is 3.05. The molecule has 0 radical (unpaired) electrons.